The first-order valence-electron chi connectivity index (χ1n) is 10.2. The number of halogens is 3. The van der Waals surface area contributed by atoms with E-state index >= 15 is 0 Å². The second kappa shape index (κ2) is 12.0. The maximum atomic E-state index is 14.6. The fourth-order valence-electron chi connectivity index (χ4n) is 3.67. The van der Waals surface area contributed by atoms with E-state index in [1.54, 1.807) is 24.1 Å². The second-order valence-corrected chi connectivity index (χ2v) is 8.22. The number of carbonyl (C=O) groups is 1. The minimum Gasteiger partial charge on any atom is -0.493 e. The van der Waals surface area contributed by atoms with E-state index in [0.717, 1.165) is 0 Å². The van der Waals surface area contributed by atoms with E-state index in [2.05, 4.69) is 21.9 Å². The maximum absolute atomic E-state index is 14.6. The maximum Gasteiger partial charge on any atom is 1.00 e. The molecular formula is C23H21Cl2FKN4O3+. The smallest absolute Gasteiger partial charge is 0.493 e. The summed E-state index contributed by atoms with van der Waals surface area (Å²) < 4.78 is 26.3. The third kappa shape index (κ3) is 5.84. The third-order valence-corrected chi connectivity index (χ3v) is 6.21. The van der Waals surface area contributed by atoms with E-state index in [4.69, 9.17) is 32.7 Å². The molecule has 34 heavy (non-hydrogen) atoms. The molecule has 0 atom stereocenters. The van der Waals surface area contributed by atoms with E-state index in [-0.39, 0.29) is 79.1 Å². The largest absolute Gasteiger partial charge is 1.00 e. The quantitative estimate of drug-likeness (QED) is 0.300. The van der Waals surface area contributed by atoms with E-state index < -0.39 is 5.82 Å². The SMILES string of the molecule is C=CC(=O)N1CCC(Oc2cc3c(Nc4ccc(Cl)c(Cl)c4F)ncnc3cc2OC)CC1.[K+]. The van der Waals surface area contributed by atoms with Gasteiger partial charge in [0.25, 0.3) is 0 Å². The number of benzene rings is 2. The van der Waals surface area contributed by atoms with Crippen LogP contribution in [0, 0.1) is 5.82 Å². The summed E-state index contributed by atoms with van der Waals surface area (Å²) >= 11 is 11.8. The normalized spacial score (nSPS) is 13.8. The number of fused-ring (bicyclic) bond motifs is 1. The first-order chi connectivity index (χ1) is 15.9. The van der Waals surface area contributed by atoms with Gasteiger partial charge in [0.1, 0.15) is 18.2 Å². The number of ether oxygens (including phenoxy) is 2. The van der Waals surface area contributed by atoms with Crippen LogP contribution in [0.15, 0.2) is 43.2 Å². The van der Waals surface area contributed by atoms with Gasteiger partial charge >= 0.3 is 51.4 Å². The monoisotopic (exact) mass is 529 g/mol. The van der Waals surface area contributed by atoms with Crippen LogP contribution in [-0.2, 0) is 4.79 Å². The number of nitrogens with one attached hydrogen (secondary N) is 1. The number of nitrogens with zero attached hydrogens (tertiary/aromatic N) is 3. The van der Waals surface area contributed by atoms with E-state index in [9.17, 15) is 9.18 Å². The molecule has 0 radical (unpaired) electrons. The number of carbonyl (C=O) groups excluding carboxylic acids is 1. The predicted octanol–water partition coefficient (Wildman–Crippen LogP) is 2.39. The number of likely N-dealkylation sites (tertiary alicyclic amines) is 1. The molecule has 0 aliphatic carbocycles. The van der Waals surface area contributed by atoms with Gasteiger partial charge in [-0.3, -0.25) is 4.79 Å². The van der Waals surface area contributed by atoms with Crippen LogP contribution in [0.1, 0.15) is 12.8 Å². The van der Waals surface area contributed by atoms with Gasteiger partial charge in [0.05, 0.1) is 28.4 Å². The molecular weight excluding hydrogens is 509 g/mol. The van der Waals surface area contributed by atoms with Gasteiger partial charge in [-0.05, 0) is 24.3 Å². The van der Waals surface area contributed by atoms with E-state index in [1.165, 1.54) is 24.5 Å². The molecule has 1 aliphatic heterocycles. The minimum absolute atomic E-state index is 0. The molecule has 11 heteroatoms. The Kier molecular flexibility index (Phi) is 9.56. The molecule has 1 amide bonds. The van der Waals surface area contributed by atoms with Gasteiger partial charge in [0, 0.05) is 37.4 Å². The van der Waals surface area contributed by atoms with E-state index in [0.29, 0.717) is 54.2 Å². The molecule has 1 N–H and O–H groups in total. The second-order valence-electron chi connectivity index (χ2n) is 7.44. The summed E-state index contributed by atoms with van der Waals surface area (Å²) in [5.74, 6) is 0.625. The van der Waals surface area contributed by atoms with Crippen molar-refractivity contribution < 1.29 is 70.0 Å². The molecule has 1 aliphatic rings. The topological polar surface area (TPSA) is 76.6 Å². The summed E-state index contributed by atoms with van der Waals surface area (Å²) in [6, 6.07) is 6.47. The molecule has 2 heterocycles. The number of methoxy groups -OCH3 is 1. The first-order valence-corrected chi connectivity index (χ1v) is 11.0. The number of aromatic nitrogens is 2. The standard InChI is InChI=1S/C23H21Cl2FN4O3.K/c1-3-20(31)30-8-6-13(7-9-30)33-19-10-14-17(11-18(19)32-2)27-12-28-23(14)29-16-5-4-15(24)21(25)22(16)26;/h3-5,10-13H,1,6-9H2,2H3,(H,27,28,29);/q;+1. The Labute approximate surface area is 249 Å². The Balaban J connectivity index is 0.00000324. The summed E-state index contributed by atoms with van der Waals surface area (Å²) in [4.78, 5) is 22.1. The fourth-order valence-corrected chi connectivity index (χ4v) is 3.98. The zero-order valence-corrected chi connectivity index (χ0v) is 23.4. The molecule has 0 bridgehead atoms. The summed E-state index contributed by atoms with van der Waals surface area (Å²) in [6.07, 6.45) is 3.93. The van der Waals surface area contributed by atoms with Gasteiger partial charge in [-0.15, -0.1) is 0 Å². The van der Waals surface area contributed by atoms with Crippen molar-refractivity contribution in [2.75, 3.05) is 25.5 Å². The molecule has 1 aromatic heterocycles. The molecule has 0 saturated carbocycles. The van der Waals surface area contributed by atoms with Gasteiger partial charge in [0.15, 0.2) is 17.3 Å². The average molecular weight is 530 g/mol. The Hall–Kier alpha value is -1.46. The van der Waals surface area contributed by atoms with Crippen molar-refractivity contribution in [1.82, 2.24) is 14.9 Å². The average Bonchev–Trinajstić information content (AvgIpc) is 2.84. The Bertz CT molecular complexity index is 1220. The van der Waals surface area contributed by atoms with Gasteiger partial charge in [-0.1, -0.05) is 29.8 Å². The van der Waals surface area contributed by atoms with Crippen LogP contribution in [0.5, 0.6) is 11.5 Å². The fraction of sp³-hybridized carbons (Fsp3) is 0.261. The molecule has 2 aromatic carbocycles. The number of piperidine rings is 1. The molecule has 172 valence electrons. The van der Waals surface area contributed by atoms with Gasteiger partial charge in [-0.2, -0.15) is 0 Å². The molecule has 0 spiro atoms. The molecule has 1 saturated heterocycles. The molecule has 1 fully saturated rings. The Morgan fingerprint density at radius 3 is 2.65 bits per heavy atom. The van der Waals surface area contributed by atoms with Crippen molar-refractivity contribution in [3.63, 3.8) is 0 Å². The molecule has 0 unspecified atom stereocenters. The minimum atomic E-state index is -0.679. The molecule has 4 rings (SSSR count). The van der Waals surface area contributed by atoms with Crippen molar-refractivity contribution in [3.8, 4) is 11.5 Å². The van der Waals surface area contributed by atoms with Crippen LogP contribution in [0.4, 0.5) is 15.9 Å². The van der Waals surface area contributed by atoms with Crippen molar-refractivity contribution in [2.24, 2.45) is 0 Å². The summed E-state index contributed by atoms with van der Waals surface area (Å²) in [5, 5.41) is 3.51. The first kappa shape index (κ1) is 27.1. The number of rotatable bonds is 6. The van der Waals surface area contributed by atoms with Gasteiger partial charge in [0.2, 0.25) is 5.91 Å². The molecule has 7 nitrogen and oxygen atoms in total. The summed E-state index contributed by atoms with van der Waals surface area (Å²) in [7, 11) is 1.55. The van der Waals surface area contributed by atoms with Crippen LogP contribution in [-0.4, -0.2) is 47.1 Å². The number of hydrogen-bond acceptors (Lipinski definition) is 6. The van der Waals surface area contributed by atoms with E-state index in [1.807, 2.05) is 0 Å². The molecule has 3 aromatic rings. The predicted molar refractivity (Wildman–Crippen MR) is 126 cm³/mol. The van der Waals surface area contributed by atoms with Crippen molar-refractivity contribution in [1.29, 1.82) is 0 Å². The Morgan fingerprint density at radius 2 is 1.97 bits per heavy atom. The third-order valence-electron chi connectivity index (χ3n) is 5.43. The van der Waals surface area contributed by atoms with Gasteiger partial charge in [-0.25, -0.2) is 14.4 Å². The number of anilines is 2. The van der Waals surface area contributed by atoms with Crippen molar-refractivity contribution >= 4 is 51.5 Å². The zero-order valence-electron chi connectivity index (χ0n) is 18.8. The van der Waals surface area contributed by atoms with Crippen LogP contribution < -0.4 is 66.2 Å². The van der Waals surface area contributed by atoms with Crippen molar-refractivity contribution in [3.05, 3.63) is 59.1 Å². The van der Waals surface area contributed by atoms with Crippen LogP contribution in [0.25, 0.3) is 10.9 Å². The Morgan fingerprint density at radius 1 is 1.24 bits per heavy atom. The summed E-state index contributed by atoms with van der Waals surface area (Å²) in [5.41, 5.74) is 0.713. The van der Waals surface area contributed by atoms with Gasteiger partial charge < -0.3 is 19.7 Å². The van der Waals surface area contributed by atoms with Crippen molar-refractivity contribution in [2.45, 2.75) is 18.9 Å². The van der Waals surface area contributed by atoms with Crippen LogP contribution >= 0.6 is 23.2 Å². The van der Waals surface area contributed by atoms with Crippen LogP contribution in [0.3, 0.4) is 0 Å². The zero-order chi connectivity index (χ0) is 23.5. The summed E-state index contributed by atoms with van der Waals surface area (Å²) in [6.45, 7) is 4.70. The van der Waals surface area contributed by atoms with Crippen LogP contribution in [0.2, 0.25) is 10.0 Å². The number of hydrogen-bond donors (Lipinski definition) is 1. The number of amides is 1.